The van der Waals surface area contributed by atoms with Crippen molar-refractivity contribution in [2.75, 3.05) is 37.0 Å². The maximum Gasteiger partial charge on any atom is 0.262 e. The average molecular weight is 409 g/mol. The van der Waals surface area contributed by atoms with Crippen molar-refractivity contribution in [3.8, 4) is 5.75 Å². The molecule has 0 aromatic heterocycles. The van der Waals surface area contributed by atoms with Crippen molar-refractivity contribution in [3.63, 3.8) is 0 Å². The van der Waals surface area contributed by atoms with Crippen LogP contribution in [0.5, 0.6) is 5.75 Å². The third-order valence-corrected chi connectivity index (χ3v) is 5.07. The molecule has 1 aliphatic heterocycles. The zero-order chi connectivity index (χ0) is 19.2. The highest BCUT2D eigenvalue weighted by atomic mass is 35.5. The Balaban J connectivity index is 1.50. The molecule has 1 fully saturated rings. The lowest BCUT2D eigenvalue weighted by Gasteiger charge is -2.33. The standard InChI is InChI=1S/C20H22Cl2N2O3/c1-26-17-8-10-24(11-9-17)16-5-3-15(4-6-16)23-20(25)13-27-19-7-2-14(21)12-18(19)22/h2-7,12,17H,8-11,13H2,1H3,(H,23,25). The number of rotatable bonds is 6. The first kappa shape index (κ1) is 19.8. The highest BCUT2D eigenvalue weighted by Crippen LogP contribution is 2.27. The van der Waals surface area contributed by atoms with E-state index >= 15 is 0 Å². The zero-order valence-corrected chi connectivity index (χ0v) is 16.6. The topological polar surface area (TPSA) is 50.8 Å². The summed E-state index contributed by atoms with van der Waals surface area (Å²) in [5.41, 5.74) is 1.87. The summed E-state index contributed by atoms with van der Waals surface area (Å²) < 4.78 is 10.8. The molecule has 27 heavy (non-hydrogen) atoms. The average Bonchev–Trinajstić information content (AvgIpc) is 2.68. The lowest BCUT2D eigenvalue weighted by molar-refractivity contribution is -0.118. The number of anilines is 2. The molecule has 2 aromatic rings. The minimum atomic E-state index is -0.255. The Bertz CT molecular complexity index is 775. The van der Waals surface area contributed by atoms with Gasteiger partial charge in [0.2, 0.25) is 0 Å². The maximum absolute atomic E-state index is 12.1. The van der Waals surface area contributed by atoms with Crippen LogP contribution in [0.15, 0.2) is 42.5 Å². The monoisotopic (exact) mass is 408 g/mol. The molecule has 0 radical (unpaired) electrons. The second-order valence-electron chi connectivity index (χ2n) is 6.38. The van der Waals surface area contributed by atoms with E-state index in [0.717, 1.165) is 37.3 Å². The lowest BCUT2D eigenvalue weighted by atomic mass is 10.1. The Kier molecular flexibility index (Phi) is 6.83. The highest BCUT2D eigenvalue weighted by Gasteiger charge is 2.18. The van der Waals surface area contributed by atoms with Crippen molar-refractivity contribution in [2.24, 2.45) is 0 Å². The van der Waals surface area contributed by atoms with Gasteiger partial charge < -0.3 is 19.7 Å². The first-order chi connectivity index (χ1) is 13.0. The summed E-state index contributed by atoms with van der Waals surface area (Å²) >= 11 is 11.9. The predicted molar refractivity (Wildman–Crippen MR) is 109 cm³/mol. The van der Waals surface area contributed by atoms with Gasteiger partial charge in [-0.1, -0.05) is 23.2 Å². The molecule has 1 saturated heterocycles. The van der Waals surface area contributed by atoms with Crippen LogP contribution in [0.4, 0.5) is 11.4 Å². The van der Waals surface area contributed by atoms with Gasteiger partial charge in [0.25, 0.3) is 5.91 Å². The van der Waals surface area contributed by atoms with E-state index in [1.807, 2.05) is 24.3 Å². The number of carbonyl (C=O) groups excluding carboxylic acids is 1. The van der Waals surface area contributed by atoms with Crippen molar-refractivity contribution in [2.45, 2.75) is 18.9 Å². The SMILES string of the molecule is COC1CCN(c2ccc(NC(=O)COc3ccc(Cl)cc3Cl)cc2)CC1. The molecule has 1 N–H and O–H groups in total. The van der Waals surface area contributed by atoms with Crippen molar-refractivity contribution >= 4 is 40.5 Å². The number of hydrogen-bond donors (Lipinski definition) is 1. The molecule has 0 saturated carbocycles. The van der Waals surface area contributed by atoms with Gasteiger partial charge in [0.15, 0.2) is 6.61 Å². The summed E-state index contributed by atoms with van der Waals surface area (Å²) in [6, 6.07) is 12.7. The van der Waals surface area contributed by atoms with E-state index in [1.165, 1.54) is 0 Å². The van der Waals surface area contributed by atoms with Crippen molar-refractivity contribution < 1.29 is 14.3 Å². The minimum absolute atomic E-state index is 0.131. The van der Waals surface area contributed by atoms with Gasteiger partial charge in [-0.15, -0.1) is 0 Å². The van der Waals surface area contributed by atoms with Crippen molar-refractivity contribution in [1.82, 2.24) is 0 Å². The third kappa shape index (κ3) is 5.51. The number of piperidine rings is 1. The molecule has 0 spiro atoms. The number of halogens is 2. The van der Waals surface area contributed by atoms with Crippen LogP contribution in [0.2, 0.25) is 10.0 Å². The van der Waals surface area contributed by atoms with Crippen LogP contribution < -0.4 is 15.0 Å². The summed E-state index contributed by atoms with van der Waals surface area (Å²) in [4.78, 5) is 14.4. The van der Waals surface area contributed by atoms with E-state index in [9.17, 15) is 4.79 Å². The molecule has 1 heterocycles. The van der Waals surface area contributed by atoms with Crippen LogP contribution in [0.25, 0.3) is 0 Å². The van der Waals surface area contributed by atoms with Crippen LogP contribution in [0.3, 0.4) is 0 Å². The Hall–Kier alpha value is -1.95. The fourth-order valence-corrected chi connectivity index (χ4v) is 3.50. The van der Waals surface area contributed by atoms with Gasteiger partial charge in [-0.2, -0.15) is 0 Å². The fraction of sp³-hybridized carbons (Fsp3) is 0.350. The molecule has 1 aliphatic rings. The molecule has 3 rings (SSSR count). The van der Waals surface area contributed by atoms with Gasteiger partial charge >= 0.3 is 0 Å². The first-order valence-electron chi connectivity index (χ1n) is 8.80. The van der Waals surface area contributed by atoms with Crippen LogP contribution >= 0.6 is 23.2 Å². The van der Waals surface area contributed by atoms with Gasteiger partial charge in [-0.05, 0) is 55.3 Å². The number of benzene rings is 2. The Morgan fingerprint density at radius 1 is 1.15 bits per heavy atom. The number of ether oxygens (including phenoxy) is 2. The molecule has 2 aromatic carbocycles. The normalized spacial score (nSPS) is 14.9. The van der Waals surface area contributed by atoms with Crippen LogP contribution in [0, 0.1) is 0 Å². The molecule has 0 bridgehead atoms. The second-order valence-corrected chi connectivity index (χ2v) is 7.22. The summed E-state index contributed by atoms with van der Waals surface area (Å²) in [6.45, 7) is 1.81. The number of amides is 1. The molecule has 144 valence electrons. The fourth-order valence-electron chi connectivity index (χ4n) is 3.04. The van der Waals surface area contributed by atoms with E-state index in [2.05, 4.69) is 10.2 Å². The van der Waals surface area contributed by atoms with E-state index in [-0.39, 0.29) is 12.5 Å². The van der Waals surface area contributed by atoms with Gasteiger partial charge in [0.1, 0.15) is 5.75 Å². The number of carbonyl (C=O) groups is 1. The Morgan fingerprint density at radius 2 is 1.85 bits per heavy atom. The van der Waals surface area contributed by atoms with Crippen LogP contribution in [0.1, 0.15) is 12.8 Å². The number of methoxy groups -OCH3 is 1. The molecule has 0 aliphatic carbocycles. The van der Waals surface area contributed by atoms with Gasteiger partial charge in [-0.3, -0.25) is 4.79 Å². The van der Waals surface area contributed by atoms with Gasteiger partial charge in [-0.25, -0.2) is 0 Å². The third-order valence-electron chi connectivity index (χ3n) is 4.54. The quantitative estimate of drug-likeness (QED) is 0.756. The molecular formula is C20H22Cl2N2O3. The van der Waals surface area contributed by atoms with E-state index in [4.69, 9.17) is 32.7 Å². The Labute approximate surface area is 169 Å². The summed E-state index contributed by atoms with van der Waals surface area (Å²) in [5.74, 6) is 0.167. The molecule has 7 heteroatoms. The summed E-state index contributed by atoms with van der Waals surface area (Å²) in [6.07, 6.45) is 2.41. The molecular weight excluding hydrogens is 387 g/mol. The number of nitrogens with zero attached hydrogens (tertiary/aromatic N) is 1. The summed E-state index contributed by atoms with van der Waals surface area (Å²) in [7, 11) is 1.77. The second kappa shape index (κ2) is 9.31. The van der Waals surface area contributed by atoms with E-state index < -0.39 is 0 Å². The number of hydrogen-bond acceptors (Lipinski definition) is 4. The van der Waals surface area contributed by atoms with E-state index in [0.29, 0.717) is 21.9 Å². The first-order valence-corrected chi connectivity index (χ1v) is 9.56. The van der Waals surface area contributed by atoms with Crippen LogP contribution in [-0.4, -0.2) is 38.8 Å². The Morgan fingerprint density at radius 3 is 2.48 bits per heavy atom. The van der Waals surface area contributed by atoms with E-state index in [1.54, 1.807) is 25.3 Å². The van der Waals surface area contributed by atoms with Gasteiger partial charge in [0, 0.05) is 36.6 Å². The van der Waals surface area contributed by atoms with Gasteiger partial charge in [0.05, 0.1) is 11.1 Å². The molecule has 0 atom stereocenters. The van der Waals surface area contributed by atoms with Crippen molar-refractivity contribution in [1.29, 1.82) is 0 Å². The van der Waals surface area contributed by atoms with Crippen LogP contribution in [-0.2, 0) is 9.53 Å². The molecule has 5 nitrogen and oxygen atoms in total. The molecule has 1 amide bonds. The zero-order valence-electron chi connectivity index (χ0n) is 15.1. The predicted octanol–water partition coefficient (Wildman–Crippen LogP) is 4.63. The summed E-state index contributed by atoms with van der Waals surface area (Å²) in [5, 5.41) is 3.71. The smallest absolute Gasteiger partial charge is 0.262 e. The number of nitrogens with one attached hydrogen (secondary N) is 1. The molecule has 0 unspecified atom stereocenters. The highest BCUT2D eigenvalue weighted by molar-refractivity contribution is 6.35. The van der Waals surface area contributed by atoms with Crippen molar-refractivity contribution in [3.05, 3.63) is 52.5 Å². The minimum Gasteiger partial charge on any atom is -0.482 e. The maximum atomic E-state index is 12.1. The largest absolute Gasteiger partial charge is 0.482 e. The lowest BCUT2D eigenvalue weighted by Crippen LogP contribution is -2.36.